The maximum atomic E-state index is 13.3. The molecule has 0 atom stereocenters. The molecule has 0 saturated carbocycles. The van der Waals surface area contributed by atoms with Gasteiger partial charge in [-0.05, 0) is 30.3 Å². The van der Waals surface area contributed by atoms with Crippen LogP contribution >= 0.6 is 23.2 Å². The van der Waals surface area contributed by atoms with Crippen molar-refractivity contribution in [2.24, 2.45) is 0 Å². The number of nitrogen functional groups attached to an aromatic ring is 1. The van der Waals surface area contributed by atoms with Crippen molar-refractivity contribution in [1.82, 2.24) is 19.4 Å². The molecule has 34 heavy (non-hydrogen) atoms. The van der Waals surface area contributed by atoms with Crippen LogP contribution < -0.4 is 16.4 Å². The highest BCUT2D eigenvalue weighted by molar-refractivity contribution is 6.36. The highest BCUT2D eigenvalue weighted by Crippen LogP contribution is 2.33. The number of benzene rings is 1. The van der Waals surface area contributed by atoms with E-state index >= 15 is 0 Å². The highest BCUT2D eigenvalue weighted by atomic mass is 35.5. The van der Waals surface area contributed by atoms with Crippen molar-refractivity contribution in [2.75, 3.05) is 29.5 Å². The maximum absolute atomic E-state index is 13.3. The average Bonchev–Trinajstić information content (AvgIpc) is 3.22. The van der Waals surface area contributed by atoms with Crippen LogP contribution in [-0.2, 0) is 6.18 Å². The van der Waals surface area contributed by atoms with Crippen LogP contribution in [-0.4, -0.2) is 32.4 Å². The third-order valence-corrected chi connectivity index (χ3v) is 5.26. The van der Waals surface area contributed by atoms with Gasteiger partial charge in [-0.15, -0.1) is 0 Å². The summed E-state index contributed by atoms with van der Waals surface area (Å²) in [6.07, 6.45) is -3.75. The Labute approximate surface area is 201 Å². The molecule has 0 aliphatic heterocycles. The number of imidazole rings is 1. The predicted octanol–water partition coefficient (Wildman–Crippen LogP) is 5.09. The number of pyridine rings is 1. The molecule has 3 heterocycles. The summed E-state index contributed by atoms with van der Waals surface area (Å²) < 4.78 is 41.0. The predicted molar refractivity (Wildman–Crippen MR) is 124 cm³/mol. The minimum absolute atomic E-state index is 0.0420. The van der Waals surface area contributed by atoms with Gasteiger partial charge >= 0.3 is 6.18 Å². The van der Waals surface area contributed by atoms with Gasteiger partial charge in [0, 0.05) is 35.9 Å². The molecule has 0 fully saturated rings. The first kappa shape index (κ1) is 23.4. The van der Waals surface area contributed by atoms with Crippen LogP contribution in [0, 0.1) is 11.3 Å². The summed E-state index contributed by atoms with van der Waals surface area (Å²) in [4.78, 5) is 12.2. The van der Waals surface area contributed by atoms with Crippen molar-refractivity contribution in [3.63, 3.8) is 0 Å². The second kappa shape index (κ2) is 9.24. The average molecular weight is 507 g/mol. The number of anilines is 3. The molecule has 0 aliphatic rings. The Morgan fingerprint density at radius 1 is 1.03 bits per heavy atom. The Morgan fingerprint density at radius 3 is 2.47 bits per heavy atom. The normalized spacial score (nSPS) is 11.4. The second-order valence-corrected chi connectivity index (χ2v) is 7.88. The largest absolute Gasteiger partial charge is 0.434 e. The molecule has 4 rings (SSSR count). The minimum atomic E-state index is -4.62. The monoisotopic (exact) mass is 506 g/mol. The zero-order valence-electron chi connectivity index (χ0n) is 17.2. The number of hydrogen-bond acceptors (Lipinski definition) is 7. The fourth-order valence-electron chi connectivity index (χ4n) is 3.12. The Hall–Kier alpha value is -3.75. The smallest absolute Gasteiger partial charge is 0.383 e. The van der Waals surface area contributed by atoms with E-state index in [1.54, 1.807) is 18.2 Å². The van der Waals surface area contributed by atoms with Crippen molar-refractivity contribution in [3.05, 3.63) is 63.9 Å². The fraction of sp³-hybridized carbons (Fsp3) is 0.143. The first-order valence-corrected chi connectivity index (χ1v) is 10.5. The Balaban J connectivity index is 1.61. The van der Waals surface area contributed by atoms with Crippen LogP contribution in [0.2, 0.25) is 10.0 Å². The highest BCUT2D eigenvalue weighted by Gasteiger charge is 2.34. The van der Waals surface area contributed by atoms with E-state index in [4.69, 9.17) is 34.2 Å². The van der Waals surface area contributed by atoms with E-state index in [0.717, 1.165) is 6.20 Å². The Bertz CT molecular complexity index is 1410. The number of rotatable bonds is 6. The van der Waals surface area contributed by atoms with Gasteiger partial charge in [-0.2, -0.15) is 18.4 Å². The van der Waals surface area contributed by atoms with E-state index in [9.17, 15) is 13.2 Å². The molecular weight excluding hydrogens is 492 g/mol. The van der Waals surface area contributed by atoms with Crippen molar-refractivity contribution >= 4 is 46.4 Å². The Morgan fingerprint density at radius 2 is 1.79 bits per heavy atom. The first-order chi connectivity index (χ1) is 16.2. The molecule has 0 bridgehead atoms. The third kappa shape index (κ3) is 4.93. The van der Waals surface area contributed by atoms with Crippen LogP contribution in [0.5, 0.6) is 0 Å². The van der Waals surface area contributed by atoms with Crippen molar-refractivity contribution < 1.29 is 13.2 Å². The van der Waals surface area contributed by atoms with E-state index in [0.29, 0.717) is 33.7 Å². The zero-order valence-corrected chi connectivity index (χ0v) is 18.7. The minimum Gasteiger partial charge on any atom is -0.383 e. The van der Waals surface area contributed by atoms with Gasteiger partial charge in [0.05, 0.1) is 16.3 Å². The summed E-state index contributed by atoms with van der Waals surface area (Å²) in [5.74, 6) is 0.671. The van der Waals surface area contributed by atoms with Gasteiger partial charge in [0.15, 0.2) is 5.69 Å². The molecule has 0 saturated heterocycles. The van der Waals surface area contributed by atoms with E-state index in [2.05, 4.69) is 25.6 Å². The number of halogens is 5. The standard InChI is InChI=1S/C21H15Cl2F3N8/c22-12-2-3-13(14(23)7-12)15-8-18-32-16(21(24,25)26)10-34(18)20(31-15)30-6-5-29-17-4-1-11(9-27)19(28)33-17/h1-4,7-8,10H,5-6H2,(H,30,31)(H3,28,29,33). The lowest BCUT2D eigenvalue weighted by atomic mass is 10.1. The van der Waals surface area contributed by atoms with Gasteiger partial charge in [-0.3, -0.25) is 4.40 Å². The van der Waals surface area contributed by atoms with E-state index in [1.165, 1.54) is 22.6 Å². The van der Waals surface area contributed by atoms with Crippen LogP contribution in [0.3, 0.4) is 0 Å². The molecule has 3 aromatic heterocycles. The molecule has 4 aromatic rings. The molecule has 8 nitrogen and oxygen atoms in total. The summed E-state index contributed by atoms with van der Waals surface area (Å²) in [5.41, 5.74) is 5.76. The Kier molecular flexibility index (Phi) is 6.37. The molecule has 0 spiro atoms. The van der Waals surface area contributed by atoms with Crippen LogP contribution in [0.25, 0.3) is 16.9 Å². The van der Waals surface area contributed by atoms with Gasteiger partial charge in [-0.25, -0.2) is 15.0 Å². The number of fused-ring (bicyclic) bond motifs is 1. The van der Waals surface area contributed by atoms with Crippen molar-refractivity contribution in [1.29, 1.82) is 5.26 Å². The van der Waals surface area contributed by atoms with E-state index in [-0.39, 0.29) is 29.5 Å². The number of nitrogens with zero attached hydrogens (tertiary/aromatic N) is 5. The molecule has 1 aromatic carbocycles. The summed E-state index contributed by atoms with van der Waals surface area (Å²) in [5, 5.41) is 15.6. The molecule has 0 unspecified atom stereocenters. The molecule has 0 aliphatic carbocycles. The molecule has 0 amide bonds. The van der Waals surface area contributed by atoms with Crippen molar-refractivity contribution in [2.45, 2.75) is 6.18 Å². The first-order valence-electron chi connectivity index (χ1n) is 9.73. The van der Waals surface area contributed by atoms with Gasteiger partial charge in [0.25, 0.3) is 0 Å². The third-order valence-electron chi connectivity index (χ3n) is 4.71. The van der Waals surface area contributed by atoms with Gasteiger partial charge in [0.2, 0.25) is 5.95 Å². The number of nitrogens with two attached hydrogens (primary N) is 1. The number of alkyl halides is 3. The fourth-order valence-corrected chi connectivity index (χ4v) is 3.62. The maximum Gasteiger partial charge on any atom is 0.434 e. The van der Waals surface area contributed by atoms with Gasteiger partial charge in [0.1, 0.15) is 23.4 Å². The second-order valence-electron chi connectivity index (χ2n) is 7.04. The molecule has 174 valence electrons. The molecule has 13 heteroatoms. The molecule has 4 N–H and O–H groups in total. The van der Waals surface area contributed by atoms with Crippen LogP contribution in [0.4, 0.5) is 30.8 Å². The zero-order chi connectivity index (χ0) is 24.5. The van der Waals surface area contributed by atoms with Gasteiger partial charge < -0.3 is 16.4 Å². The van der Waals surface area contributed by atoms with E-state index in [1.807, 2.05) is 6.07 Å². The molecule has 0 radical (unpaired) electrons. The lowest BCUT2D eigenvalue weighted by Gasteiger charge is -2.12. The topological polar surface area (TPSA) is 117 Å². The SMILES string of the molecule is N#Cc1ccc(NCCNc2nc(-c3ccc(Cl)cc3Cl)cc3nc(C(F)(F)F)cn23)nc1N. The number of aromatic nitrogens is 4. The van der Waals surface area contributed by atoms with E-state index < -0.39 is 11.9 Å². The van der Waals surface area contributed by atoms with Gasteiger partial charge in [-0.1, -0.05) is 23.2 Å². The summed E-state index contributed by atoms with van der Waals surface area (Å²) >= 11 is 12.2. The lowest BCUT2D eigenvalue weighted by Crippen LogP contribution is -2.17. The summed E-state index contributed by atoms with van der Waals surface area (Å²) in [6, 6.07) is 11.2. The van der Waals surface area contributed by atoms with Crippen molar-refractivity contribution in [3.8, 4) is 17.3 Å². The quantitative estimate of drug-likeness (QED) is 0.311. The number of nitrogens with one attached hydrogen (secondary N) is 2. The molecular formula is C21H15Cl2F3N8. The van der Waals surface area contributed by atoms with Crippen LogP contribution in [0.15, 0.2) is 42.6 Å². The van der Waals surface area contributed by atoms with Crippen LogP contribution in [0.1, 0.15) is 11.3 Å². The number of hydrogen-bond donors (Lipinski definition) is 3. The summed E-state index contributed by atoms with van der Waals surface area (Å²) in [6.45, 7) is 0.593. The number of nitriles is 1. The lowest BCUT2D eigenvalue weighted by molar-refractivity contribution is -0.140. The summed E-state index contributed by atoms with van der Waals surface area (Å²) in [7, 11) is 0.